The van der Waals surface area contributed by atoms with E-state index in [-0.39, 0.29) is 0 Å². The SMILES string of the molecule is C1C[C@H]2C[C@H]3C[C@@H]3[C@H]2C1. The van der Waals surface area contributed by atoms with Crippen LogP contribution in [-0.2, 0) is 0 Å². The molecule has 0 amide bonds. The summed E-state index contributed by atoms with van der Waals surface area (Å²) >= 11 is 0. The van der Waals surface area contributed by atoms with Gasteiger partial charge in [-0.2, -0.15) is 0 Å². The third-order valence-corrected chi connectivity index (χ3v) is 3.85. The first-order valence-electron chi connectivity index (χ1n) is 4.45. The fourth-order valence-corrected chi connectivity index (χ4v) is 3.38. The molecule has 0 heteroatoms. The van der Waals surface area contributed by atoms with Crippen LogP contribution in [0.1, 0.15) is 32.1 Å². The van der Waals surface area contributed by atoms with E-state index in [0.29, 0.717) is 0 Å². The van der Waals surface area contributed by atoms with Crippen molar-refractivity contribution in [3.05, 3.63) is 0 Å². The maximum atomic E-state index is 1.62. The molecule has 0 saturated heterocycles. The molecule has 0 aromatic rings. The van der Waals surface area contributed by atoms with Gasteiger partial charge in [-0.05, 0) is 42.9 Å². The monoisotopic (exact) mass is 122 g/mol. The first kappa shape index (κ1) is 4.76. The Balaban J connectivity index is 1.88. The van der Waals surface area contributed by atoms with Crippen LogP contribution in [0, 0.1) is 23.7 Å². The van der Waals surface area contributed by atoms with Gasteiger partial charge in [-0.1, -0.05) is 12.8 Å². The molecular formula is C9H14. The maximum absolute atomic E-state index is 1.62. The van der Waals surface area contributed by atoms with Crippen LogP contribution >= 0.6 is 0 Å². The molecule has 0 nitrogen and oxygen atoms in total. The standard InChI is InChI=1S/C9H14/c1-2-6-4-7-5-9(7)8(6)3-1/h6-9H,1-5H2/t6-,7-,8-,9-/m0/s1. The highest BCUT2D eigenvalue weighted by Gasteiger charge is 2.54. The molecule has 0 spiro atoms. The van der Waals surface area contributed by atoms with Crippen molar-refractivity contribution in [2.75, 3.05) is 0 Å². The van der Waals surface area contributed by atoms with Crippen molar-refractivity contribution < 1.29 is 0 Å². The molecule has 9 heavy (non-hydrogen) atoms. The maximum Gasteiger partial charge on any atom is -0.0352 e. The third-order valence-electron chi connectivity index (χ3n) is 3.85. The van der Waals surface area contributed by atoms with E-state index in [1.54, 1.807) is 32.1 Å². The Bertz CT molecular complexity index is 139. The van der Waals surface area contributed by atoms with Crippen molar-refractivity contribution in [1.29, 1.82) is 0 Å². The van der Waals surface area contributed by atoms with Crippen LogP contribution in [0.2, 0.25) is 0 Å². The second-order valence-electron chi connectivity index (χ2n) is 4.25. The lowest BCUT2D eigenvalue weighted by Crippen LogP contribution is -2.02. The number of hydrogen-bond acceptors (Lipinski definition) is 0. The van der Waals surface area contributed by atoms with Crippen LogP contribution in [0.25, 0.3) is 0 Å². The summed E-state index contributed by atoms with van der Waals surface area (Å²) < 4.78 is 0. The predicted octanol–water partition coefficient (Wildman–Crippen LogP) is 2.44. The molecule has 0 heterocycles. The van der Waals surface area contributed by atoms with Crippen molar-refractivity contribution in [3.63, 3.8) is 0 Å². The van der Waals surface area contributed by atoms with E-state index in [0.717, 1.165) is 0 Å². The molecular weight excluding hydrogens is 108 g/mol. The van der Waals surface area contributed by atoms with Crippen LogP contribution in [0.15, 0.2) is 0 Å². The van der Waals surface area contributed by atoms with Crippen molar-refractivity contribution in [2.24, 2.45) is 23.7 Å². The lowest BCUT2D eigenvalue weighted by Gasteiger charge is -2.10. The summed E-state index contributed by atoms with van der Waals surface area (Å²) in [5, 5.41) is 0. The minimum atomic E-state index is 1.20. The Morgan fingerprint density at radius 1 is 0.778 bits per heavy atom. The molecule has 0 aromatic heterocycles. The van der Waals surface area contributed by atoms with Gasteiger partial charge in [0.25, 0.3) is 0 Å². The smallest absolute Gasteiger partial charge is 0.0352 e. The molecule has 3 aliphatic carbocycles. The van der Waals surface area contributed by atoms with Gasteiger partial charge in [-0.3, -0.25) is 0 Å². The van der Waals surface area contributed by atoms with Gasteiger partial charge in [-0.15, -0.1) is 0 Å². The van der Waals surface area contributed by atoms with Crippen LogP contribution < -0.4 is 0 Å². The molecule has 0 N–H and O–H groups in total. The van der Waals surface area contributed by atoms with Crippen molar-refractivity contribution in [3.8, 4) is 0 Å². The number of fused-ring (bicyclic) bond motifs is 3. The van der Waals surface area contributed by atoms with Crippen molar-refractivity contribution in [1.82, 2.24) is 0 Å². The highest BCUT2D eigenvalue weighted by molar-refractivity contribution is 5.03. The molecule has 50 valence electrons. The Kier molecular flexibility index (Phi) is 0.717. The molecule has 0 radical (unpaired) electrons. The van der Waals surface area contributed by atoms with Crippen molar-refractivity contribution in [2.45, 2.75) is 32.1 Å². The van der Waals surface area contributed by atoms with Gasteiger partial charge in [0.2, 0.25) is 0 Å². The van der Waals surface area contributed by atoms with E-state index in [9.17, 15) is 0 Å². The van der Waals surface area contributed by atoms with E-state index >= 15 is 0 Å². The third kappa shape index (κ3) is 0.500. The van der Waals surface area contributed by atoms with Gasteiger partial charge in [0.1, 0.15) is 0 Å². The van der Waals surface area contributed by atoms with Gasteiger partial charge >= 0.3 is 0 Å². The molecule has 3 rings (SSSR count). The zero-order valence-electron chi connectivity index (χ0n) is 5.84. The second-order valence-corrected chi connectivity index (χ2v) is 4.25. The van der Waals surface area contributed by atoms with Crippen LogP contribution in [0.3, 0.4) is 0 Å². The Morgan fingerprint density at radius 2 is 1.78 bits per heavy atom. The molecule has 0 aromatic carbocycles. The van der Waals surface area contributed by atoms with E-state index in [1.165, 1.54) is 23.7 Å². The van der Waals surface area contributed by atoms with Crippen molar-refractivity contribution >= 4 is 0 Å². The summed E-state index contributed by atoms with van der Waals surface area (Å²) in [5.41, 5.74) is 0. The summed E-state index contributed by atoms with van der Waals surface area (Å²) in [7, 11) is 0. The van der Waals surface area contributed by atoms with E-state index in [2.05, 4.69) is 0 Å². The van der Waals surface area contributed by atoms with E-state index < -0.39 is 0 Å². The fourth-order valence-electron chi connectivity index (χ4n) is 3.38. The first-order chi connectivity index (χ1) is 4.45. The highest BCUT2D eigenvalue weighted by atomic mass is 14.6. The van der Waals surface area contributed by atoms with Crippen LogP contribution in [0.4, 0.5) is 0 Å². The van der Waals surface area contributed by atoms with E-state index in [1.807, 2.05) is 0 Å². The normalized spacial score (nSPS) is 61.3. The second kappa shape index (κ2) is 1.36. The van der Waals surface area contributed by atoms with Gasteiger partial charge < -0.3 is 0 Å². The summed E-state index contributed by atoms with van der Waals surface area (Å²) in [4.78, 5) is 0. The first-order valence-corrected chi connectivity index (χ1v) is 4.45. The Hall–Kier alpha value is 0. The molecule has 0 unspecified atom stereocenters. The van der Waals surface area contributed by atoms with Gasteiger partial charge in [0.05, 0.1) is 0 Å². The largest absolute Gasteiger partial charge is 0.0527 e. The zero-order chi connectivity index (χ0) is 5.84. The summed E-state index contributed by atoms with van der Waals surface area (Å²) in [6, 6.07) is 0. The van der Waals surface area contributed by atoms with Crippen LogP contribution in [-0.4, -0.2) is 0 Å². The minimum Gasteiger partial charge on any atom is -0.0527 e. The minimum absolute atomic E-state index is 1.20. The van der Waals surface area contributed by atoms with Gasteiger partial charge in [0, 0.05) is 0 Å². The summed E-state index contributed by atoms with van der Waals surface area (Å²) in [6.07, 6.45) is 7.96. The molecule has 3 fully saturated rings. The summed E-state index contributed by atoms with van der Waals surface area (Å²) in [6.45, 7) is 0. The lowest BCUT2D eigenvalue weighted by molar-refractivity contribution is 0.393. The lowest BCUT2D eigenvalue weighted by atomic mass is 9.95. The molecule has 3 saturated carbocycles. The average Bonchev–Trinajstić information content (AvgIpc) is 2.38. The molecule has 4 atom stereocenters. The zero-order valence-corrected chi connectivity index (χ0v) is 5.84. The Labute approximate surface area is 56.6 Å². The molecule has 0 aliphatic heterocycles. The average molecular weight is 122 g/mol. The number of rotatable bonds is 0. The fraction of sp³-hybridized carbons (Fsp3) is 1.00. The highest BCUT2D eigenvalue weighted by Crippen LogP contribution is 2.62. The molecule has 0 bridgehead atoms. The van der Waals surface area contributed by atoms with Gasteiger partial charge in [0.15, 0.2) is 0 Å². The quantitative estimate of drug-likeness (QED) is 0.463. The van der Waals surface area contributed by atoms with Gasteiger partial charge in [-0.25, -0.2) is 0 Å². The Morgan fingerprint density at radius 3 is 2.67 bits per heavy atom. The van der Waals surface area contributed by atoms with Crippen LogP contribution in [0.5, 0.6) is 0 Å². The molecule has 3 aliphatic rings. The topological polar surface area (TPSA) is 0 Å². The number of hydrogen-bond donors (Lipinski definition) is 0. The predicted molar refractivity (Wildman–Crippen MR) is 37.0 cm³/mol. The summed E-state index contributed by atoms with van der Waals surface area (Å²) in [5.74, 6) is 4.88. The van der Waals surface area contributed by atoms with E-state index in [4.69, 9.17) is 0 Å².